The fraction of sp³-hybridized carbons (Fsp3) is 0.800. The fourth-order valence-corrected chi connectivity index (χ4v) is 2.02. The molecule has 0 spiro atoms. The van der Waals surface area contributed by atoms with Gasteiger partial charge in [-0.15, -0.1) is 0 Å². The van der Waals surface area contributed by atoms with Crippen LogP contribution in [0.2, 0.25) is 0 Å². The van der Waals surface area contributed by atoms with E-state index in [-0.39, 0.29) is 0 Å². The number of halogens is 1. The third kappa shape index (κ3) is 3.28. The SMILES string of the molecule is C=C(Br)CNC1CCCCC1C. The summed E-state index contributed by atoms with van der Waals surface area (Å²) >= 11 is 3.36. The number of hydrogen-bond donors (Lipinski definition) is 1. The first-order chi connectivity index (χ1) is 5.70. The van der Waals surface area contributed by atoms with Gasteiger partial charge < -0.3 is 5.32 Å². The lowest BCUT2D eigenvalue weighted by Gasteiger charge is -2.29. The summed E-state index contributed by atoms with van der Waals surface area (Å²) in [6.45, 7) is 7.07. The maximum Gasteiger partial charge on any atom is 0.0268 e. The van der Waals surface area contributed by atoms with E-state index in [1.807, 2.05) is 0 Å². The van der Waals surface area contributed by atoms with Crippen LogP contribution in [0, 0.1) is 5.92 Å². The average molecular weight is 232 g/mol. The van der Waals surface area contributed by atoms with E-state index in [4.69, 9.17) is 0 Å². The third-order valence-electron chi connectivity index (χ3n) is 2.67. The minimum absolute atomic E-state index is 0.716. The van der Waals surface area contributed by atoms with Gasteiger partial charge in [0.1, 0.15) is 0 Å². The summed E-state index contributed by atoms with van der Waals surface area (Å²) < 4.78 is 1.06. The van der Waals surface area contributed by atoms with Crippen LogP contribution in [0.1, 0.15) is 32.6 Å². The molecule has 1 nitrogen and oxygen atoms in total. The highest BCUT2D eigenvalue weighted by atomic mass is 79.9. The number of hydrogen-bond acceptors (Lipinski definition) is 1. The Hall–Kier alpha value is 0.180. The van der Waals surface area contributed by atoms with Crippen LogP contribution in [0.25, 0.3) is 0 Å². The maximum absolute atomic E-state index is 3.82. The molecule has 1 saturated carbocycles. The van der Waals surface area contributed by atoms with Crippen LogP contribution in [0.4, 0.5) is 0 Å². The molecule has 0 amide bonds. The molecule has 70 valence electrons. The predicted molar refractivity (Wildman–Crippen MR) is 57.5 cm³/mol. The zero-order valence-electron chi connectivity index (χ0n) is 7.78. The van der Waals surface area contributed by atoms with Gasteiger partial charge >= 0.3 is 0 Å². The van der Waals surface area contributed by atoms with Crippen LogP contribution in [-0.2, 0) is 0 Å². The number of nitrogens with one attached hydrogen (secondary N) is 1. The van der Waals surface area contributed by atoms with Gasteiger partial charge in [0.15, 0.2) is 0 Å². The summed E-state index contributed by atoms with van der Waals surface area (Å²) in [6, 6.07) is 0.716. The van der Waals surface area contributed by atoms with Gasteiger partial charge in [-0.3, -0.25) is 0 Å². The molecule has 0 aromatic heterocycles. The maximum atomic E-state index is 3.82. The van der Waals surface area contributed by atoms with Crippen molar-refractivity contribution in [3.8, 4) is 0 Å². The van der Waals surface area contributed by atoms with Crippen molar-refractivity contribution in [3.63, 3.8) is 0 Å². The molecule has 0 radical (unpaired) electrons. The van der Waals surface area contributed by atoms with Crippen molar-refractivity contribution >= 4 is 15.9 Å². The first-order valence-corrected chi connectivity index (χ1v) is 5.56. The molecule has 1 fully saturated rings. The van der Waals surface area contributed by atoms with Crippen molar-refractivity contribution in [2.45, 2.75) is 38.6 Å². The quantitative estimate of drug-likeness (QED) is 0.788. The van der Waals surface area contributed by atoms with E-state index in [9.17, 15) is 0 Å². The van der Waals surface area contributed by atoms with E-state index in [0.29, 0.717) is 6.04 Å². The monoisotopic (exact) mass is 231 g/mol. The van der Waals surface area contributed by atoms with Crippen LogP contribution in [-0.4, -0.2) is 12.6 Å². The van der Waals surface area contributed by atoms with Gasteiger partial charge in [0, 0.05) is 17.1 Å². The topological polar surface area (TPSA) is 12.0 Å². The minimum Gasteiger partial charge on any atom is -0.309 e. The molecular formula is C10H18BrN. The molecule has 0 aromatic carbocycles. The molecule has 2 unspecified atom stereocenters. The van der Waals surface area contributed by atoms with Gasteiger partial charge in [-0.2, -0.15) is 0 Å². The second-order valence-corrected chi connectivity index (χ2v) is 4.89. The highest BCUT2D eigenvalue weighted by Crippen LogP contribution is 2.23. The Kier molecular flexibility index (Phi) is 4.30. The summed E-state index contributed by atoms with van der Waals surface area (Å²) in [7, 11) is 0. The lowest BCUT2D eigenvalue weighted by molar-refractivity contribution is 0.288. The van der Waals surface area contributed by atoms with E-state index in [1.54, 1.807) is 0 Å². The van der Waals surface area contributed by atoms with Gasteiger partial charge in [-0.05, 0) is 18.8 Å². The lowest BCUT2D eigenvalue weighted by Crippen LogP contribution is -2.37. The summed E-state index contributed by atoms with van der Waals surface area (Å²) in [5.41, 5.74) is 0. The first-order valence-electron chi connectivity index (χ1n) is 4.77. The van der Waals surface area contributed by atoms with E-state index >= 15 is 0 Å². The normalized spacial score (nSPS) is 30.2. The zero-order valence-corrected chi connectivity index (χ0v) is 9.36. The van der Waals surface area contributed by atoms with E-state index in [2.05, 4.69) is 34.7 Å². The molecule has 1 N–H and O–H groups in total. The molecule has 2 heteroatoms. The summed E-state index contributed by atoms with van der Waals surface area (Å²) in [5.74, 6) is 0.839. The Morgan fingerprint density at radius 3 is 2.75 bits per heavy atom. The third-order valence-corrected chi connectivity index (χ3v) is 2.95. The highest BCUT2D eigenvalue weighted by Gasteiger charge is 2.19. The van der Waals surface area contributed by atoms with Gasteiger partial charge in [-0.1, -0.05) is 42.3 Å². The second kappa shape index (κ2) is 5.03. The summed E-state index contributed by atoms with van der Waals surface area (Å²) in [5, 5.41) is 3.52. The Bertz CT molecular complexity index is 156. The van der Waals surface area contributed by atoms with Crippen molar-refractivity contribution in [1.29, 1.82) is 0 Å². The van der Waals surface area contributed by atoms with E-state index < -0.39 is 0 Å². The molecular weight excluding hydrogens is 214 g/mol. The van der Waals surface area contributed by atoms with E-state index in [0.717, 1.165) is 16.9 Å². The second-order valence-electron chi connectivity index (χ2n) is 3.77. The molecule has 0 aromatic rings. The summed E-state index contributed by atoms with van der Waals surface area (Å²) in [6.07, 6.45) is 5.51. The van der Waals surface area contributed by atoms with Crippen molar-refractivity contribution in [1.82, 2.24) is 5.32 Å². The van der Waals surface area contributed by atoms with E-state index in [1.165, 1.54) is 25.7 Å². The standard InChI is InChI=1S/C10H18BrN/c1-8-5-3-4-6-10(8)12-7-9(2)11/h8,10,12H,2-7H2,1H3. The molecule has 1 rings (SSSR count). The van der Waals surface area contributed by atoms with Crippen LogP contribution < -0.4 is 5.32 Å². The number of rotatable bonds is 3. The van der Waals surface area contributed by atoms with Gasteiger partial charge in [0.25, 0.3) is 0 Å². The largest absolute Gasteiger partial charge is 0.309 e. The van der Waals surface area contributed by atoms with Crippen LogP contribution >= 0.6 is 15.9 Å². The van der Waals surface area contributed by atoms with Crippen molar-refractivity contribution in [2.24, 2.45) is 5.92 Å². The molecule has 12 heavy (non-hydrogen) atoms. The highest BCUT2D eigenvalue weighted by molar-refractivity contribution is 9.11. The van der Waals surface area contributed by atoms with Gasteiger partial charge in [0.05, 0.1) is 0 Å². The average Bonchev–Trinajstić information content (AvgIpc) is 2.03. The minimum atomic E-state index is 0.716. The predicted octanol–water partition coefficient (Wildman–Crippen LogP) is 3.06. The van der Waals surface area contributed by atoms with Crippen molar-refractivity contribution in [3.05, 3.63) is 11.1 Å². The first kappa shape index (κ1) is 10.3. The van der Waals surface area contributed by atoms with Crippen LogP contribution in [0.15, 0.2) is 11.1 Å². The van der Waals surface area contributed by atoms with Crippen molar-refractivity contribution < 1.29 is 0 Å². The molecule has 1 aliphatic carbocycles. The Labute approximate surface area is 83.7 Å². The lowest BCUT2D eigenvalue weighted by atomic mass is 9.86. The smallest absolute Gasteiger partial charge is 0.0268 e. The Morgan fingerprint density at radius 2 is 2.17 bits per heavy atom. The molecule has 0 heterocycles. The fourth-order valence-electron chi connectivity index (χ4n) is 1.86. The van der Waals surface area contributed by atoms with Gasteiger partial charge in [0.2, 0.25) is 0 Å². The Balaban J connectivity index is 2.24. The molecule has 1 aliphatic rings. The van der Waals surface area contributed by atoms with Crippen molar-refractivity contribution in [2.75, 3.05) is 6.54 Å². The summed E-state index contributed by atoms with van der Waals surface area (Å²) in [4.78, 5) is 0. The van der Waals surface area contributed by atoms with Crippen LogP contribution in [0.3, 0.4) is 0 Å². The molecule has 2 atom stereocenters. The molecule has 0 saturated heterocycles. The molecule has 0 aliphatic heterocycles. The molecule has 0 bridgehead atoms. The van der Waals surface area contributed by atoms with Crippen LogP contribution in [0.5, 0.6) is 0 Å². The Morgan fingerprint density at radius 1 is 1.50 bits per heavy atom. The zero-order chi connectivity index (χ0) is 8.97. The van der Waals surface area contributed by atoms with Gasteiger partial charge in [-0.25, -0.2) is 0 Å².